The van der Waals surface area contributed by atoms with E-state index < -0.39 is 0 Å². The van der Waals surface area contributed by atoms with E-state index in [2.05, 4.69) is 69.6 Å². The molecule has 0 saturated heterocycles. The van der Waals surface area contributed by atoms with Gasteiger partial charge >= 0.3 is 0 Å². The van der Waals surface area contributed by atoms with Crippen molar-refractivity contribution < 1.29 is 4.74 Å². The molecule has 2 aromatic carbocycles. The zero-order valence-corrected chi connectivity index (χ0v) is 16.6. The zero-order valence-electron chi connectivity index (χ0n) is 15.8. The van der Waals surface area contributed by atoms with Gasteiger partial charge in [0.1, 0.15) is 5.75 Å². The molecule has 2 aromatic rings. The third-order valence-corrected chi connectivity index (χ3v) is 5.76. The third kappa shape index (κ3) is 5.13. The molecule has 0 amide bonds. The Morgan fingerprint density at radius 2 is 1.84 bits per heavy atom. The SMILES string of the molecule is C=C(C)C(CSC(=C)C(C)c1ccc2cc(OC)ccc2c1)NCC. The first kappa shape index (κ1) is 19.6. The van der Waals surface area contributed by atoms with Crippen LogP contribution in [0.4, 0.5) is 0 Å². The van der Waals surface area contributed by atoms with E-state index in [0.29, 0.717) is 12.0 Å². The highest BCUT2D eigenvalue weighted by molar-refractivity contribution is 8.03. The Morgan fingerprint density at radius 3 is 2.48 bits per heavy atom. The van der Waals surface area contributed by atoms with Crippen LogP contribution in [0.5, 0.6) is 5.75 Å². The molecular formula is C22H29NOS. The summed E-state index contributed by atoms with van der Waals surface area (Å²) in [4.78, 5) is 1.19. The molecule has 3 heteroatoms. The van der Waals surface area contributed by atoms with Gasteiger partial charge in [-0.15, -0.1) is 11.8 Å². The van der Waals surface area contributed by atoms with E-state index in [4.69, 9.17) is 4.74 Å². The highest BCUT2D eigenvalue weighted by Crippen LogP contribution is 2.33. The van der Waals surface area contributed by atoms with Gasteiger partial charge in [-0.3, -0.25) is 0 Å². The van der Waals surface area contributed by atoms with Crippen LogP contribution in [0.3, 0.4) is 0 Å². The maximum atomic E-state index is 5.30. The number of nitrogens with one attached hydrogen (secondary N) is 1. The fourth-order valence-corrected chi connectivity index (χ4v) is 3.93. The summed E-state index contributed by atoms with van der Waals surface area (Å²) < 4.78 is 5.30. The van der Waals surface area contributed by atoms with Crippen LogP contribution in [0, 0.1) is 0 Å². The highest BCUT2D eigenvalue weighted by atomic mass is 32.2. The maximum absolute atomic E-state index is 5.30. The van der Waals surface area contributed by atoms with Crippen LogP contribution in [-0.4, -0.2) is 25.4 Å². The minimum Gasteiger partial charge on any atom is -0.497 e. The molecule has 2 atom stereocenters. The van der Waals surface area contributed by atoms with Gasteiger partial charge in [0.15, 0.2) is 0 Å². The molecule has 0 heterocycles. The minimum absolute atomic E-state index is 0.309. The van der Waals surface area contributed by atoms with Crippen molar-refractivity contribution in [3.05, 3.63) is 65.6 Å². The average molecular weight is 356 g/mol. The van der Waals surface area contributed by atoms with Crippen molar-refractivity contribution in [3.8, 4) is 5.75 Å². The van der Waals surface area contributed by atoms with Crippen molar-refractivity contribution in [2.24, 2.45) is 0 Å². The molecule has 0 spiro atoms. The summed E-state index contributed by atoms with van der Waals surface area (Å²) in [6.07, 6.45) is 0. The molecule has 0 saturated carbocycles. The largest absolute Gasteiger partial charge is 0.497 e. The number of hydrogen-bond acceptors (Lipinski definition) is 3. The number of likely N-dealkylation sites (N-methyl/N-ethyl adjacent to an activating group) is 1. The van der Waals surface area contributed by atoms with E-state index in [1.165, 1.54) is 26.8 Å². The highest BCUT2D eigenvalue weighted by Gasteiger charge is 2.14. The Morgan fingerprint density at radius 1 is 1.16 bits per heavy atom. The van der Waals surface area contributed by atoms with Crippen molar-refractivity contribution in [2.45, 2.75) is 32.7 Å². The van der Waals surface area contributed by atoms with E-state index in [1.807, 2.05) is 17.8 Å². The molecule has 2 nitrogen and oxygen atoms in total. The van der Waals surface area contributed by atoms with Gasteiger partial charge in [-0.1, -0.05) is 56.8 Å². The molecule has 0 aliphatic carbocycles. The number of methoxy groups -OCH3 is 1. The van der Waals surface area contributed by atoms with E-state index in [9.17, 15) is 0 Å². The molecule has 134 valence electrons. The molecule has 0 aromatic heterocycles. The quantitative estimate of drug-likeness (QED) is 0.578. The average Bonchev–Trinajstić information content (AvgIpc) is 2.62. The first-order valence-electron chi connectivity index (χ1n) is 8.74. The van der Waals surface area contributed by atoms with Crippen LogP contribution in [0.2, 0.25) is 0 Å². The molecular weight excluding hydrogens is 326 g/mol. The topological polar surface area (TPSA) is 21.3 Å². The van der Waals surface area contributed by atoms with Crippen LogP contribution in [-0.2, 0) is 0 Å². The van der Waals surface area contributed by atoms with Gasteiger partial charge in [-0.05, 0) is 46.8 Å². The smallest absolute Gasteiger partial charge is 0.119 e. The third-order valence-electron chi connectivity index (χ3n) is 4.54. The number of ether oxygens (including phenoxy) is 1. The van der Waals surface area contributed by atoms with Crippen molar-refractivity contribution in [3.63, 3.8) is 0 Å². The Kier molecular flexibility index (Phi) is 7.15. The van der Waals surface area contributed by atoms with Crippen molar-refractivity contribution >= 4 is 22.5 Å². The molecule has 0 bridgehead atoms. The monoisotopic (exact) mass is 355 g/mol. The standard InChI is InChI=1S/C22H29NOS/c1-7-23-22(15(2)3)14-25-17(5)16(4)18-8-9-20-13-21(24-6)11-10-19(20)12-18/h8-13,16,22-23H,2,5,7,14H2,1,3-4,6H3. The molecule has 0 aliphatic rings. The summed E-state index contributed by atoms with van der Waals surface area (Å²) in [5.74, 6) is 2.17. The molecule has 1 N–H and O–H groups in total. The maximum Gasteiger partial charge on any atom is 0.119 e. The molecule has 25 heavy (non-hydrogen) atoms. The lowest BCUT2D eigenvalue weighted by molar-refractivity contribution is 0.415. The van der Waals surface area contributed by atoms with Gasteiger partial charge in [-0.25, -0.2) is 0 Å². The molecule has 2 rings (SSSR count). The number of fused-ring (bicyclic) bond motifs is 1. The van der Waals surface area contributed by atoms with Crippen LogP contribution in [0.25, 0.3) is 10.8 Å². The fourth-order valence-electron chi connectivity index (χ4n) is 2.76. The Balaban J connectivity index is 2.08. The summed E-state index contributed by atoms with van der Waals surface area (Å²) in [6.45, 7) is 15.8. The van der Waals surface area contributed by atoms with Crippen LogP contribution < -0.4 is 10.1 Å². The Hall–Kier alpha value is -1.71. The second-order valence-electron chi connectivity index (χ2n) is 6.43. The molecule has 0 radical (unpaired) electrons. The van der Waals surface area contributed by atoms with Gasteiger partial charge < -0.3 is 10.1 Å². The van der Waals surface area contributed by atoms with E-state index >= 15 is 0 Å². The predicted octanol–water partition coefficient (Wildman–Crippen LogP) is 5.75. The van der Waals surface area contributed by atoms with Crippen molar-refractivity contribution in [1.82, 2.24) is 5.32 Å². The predicted molar refractivity (Wildman–Crippen MR) is 113 cm³/mol. The van der Waals surface area contributed by atoms with Crippen LogP contribution in [0.1, 0.15) is 32.3 Å². The van der Waals surface area contributed by atoms with Gasteiger partial charge in [0.2, 0.25) is 0 Å². The number of thioether (sulfide) groups is 1. The van der Waals surface area contributed by atoms with Crippen LogP contribution in [0.15, 0.2) is 60.0 Å². The summed E-state index contributed by atoms with van der Waals surface area (Å²) >= 11 is 1.83. The van der Waals surface area contributed by atoms with Crippen molar-refractivity contribution in [2.75, 3.05) is 19.4 Å². The summed E-state index contributed by atoms with van der Waals surface area (Å²) in [5, 5.41) is 5.91. The number of allylic oxidation sites excluding steroid dienone is 1. The van der Waals surface area contributed by atoms with Crippen molar-refractivity contribution in [1.29, 1.82) is 0 Å². The minimum atomic E-state index is 0.309. The van der Waals surface area contributed by atoms with Gasteiger partial charge in [0.25, 0.3) is 0 Å². The van der Waals surface area contributed by atoms with E-state index in [0.717, 1.165) is 18.0 Å². The molecule has 0 fully saturated rings. The number of benzene rings is 2. The first-order valence-corrected chi connectivity index (χ1v) is 9.72. The second-order valence-corrected chi connectivity index (χ2v) is 7.57. The summed E-state index contributed by atoms with van der Waals surface area (Å²) in [5.41, 5.74) is 2.47. The lowest BCUT2D eigenvalue weighted by atomic mass is 9.97. The summed E-state index contributed by atoms with van der Waals surface area (Å²) in [7, 11) is 1.70. The second kappa shape index (κ2) is 9.12. The van der Waals surface area contributed by atoms with E-state index in [-0.39, 0.29) is 0 Å². The molecule has 2 unspecified atom stereocenters. The van der Waals surface area contributed by atoms with E-state index in [1.54, 1.807) is 7.11 Å². The normalized spacial score (nSPS) is 13.4. The summed E-state index contributed by atoms with van der Waals surface area (Å²) in [6, 6.07) is 13.1. The van der Waals surface area contributed by atoms with Gasteiger partial charge in [0, 0.05) is 17.7 Å². The Bertz CT molecular complexity index is 753. The fraction of sp³-hybridized carbons (Fsp3) is 0.364. The van der Waals surface area contributed by atoms with Gasteiger partial charge in [0.05, 0.1) is 7.11 Å². The lowest BCUT2D eigenvalue weighted by Gasteiger charge is -2.21. The zero-order chi connectivity index (χ0) is 18.4. The Labute approximate surface area is 156 Å². The number of hydrogen-bond donors (Lipinski definition) is 1. The first-order chi connectivity index (χ1) is 12.0. The molecule has 0 aliphatic heterocycles. The lowest BCUT2D eigenvalue weighted by Crippen LogP contribution is -2.31. The van der Waals surface area contributed by atoms with Gasteiger partial charge in [-0.2, -0.15) is 0 Å². The van der Waals surface area contributed by atoms with Crippen LogP contribution >= 0.6 is 11.8 Å². The number of rotatable bonds is 9.